The van der Waals surface area contributed by atoms with E-state index in [1.54, 1.807) is 6.92 Å². The number of fused-ring (bicyclic) bond motifs is 2. The van der Waals surface area contributed by atoms with E-state index in [1.165, 1.54) is 36.8 Å². The van der Waals surface area contributed by atoms with Crippen molar-refractivity contribution >= 4 is 17.5 Å². The highest BCUT2D eigenvalue weighted by atomic mass is 127. The monoisotopic (exact) mass is 447 g/mol. The molecule has 2 aliphatic rings. The number of amides is 1. The molecule has 3 unspecified atom stereocenters. The molecule has 3 nitrogen and oxygen atoms in total. The first kappa shape index (κ1) is 19.0. The van der Waals surface area contributed by atoms with Crippen molar-refractivity contribution in [2.24, 2.45) is 0 Å². The minimum Gasteiger partial charge on any atom is -1.00 e. The van der Waals surface area contributed by atoms with Crippen molar-refractivity contribution < 1.29 is 28.8 Å². The quantitative estimate of drug-likeness (QED) is 0.674. The lowest BCUT2D eigenvalue weighted by atomic mass is 9.82. The van der Waals surface area contributed by atoms with Gasteiger partial charge in [-0.1, -0.05) is 24.6 Å². The summed E-state index contributed by atoms with van der Waals surface area (Å²) in [6, 6.07) is 7.59. The van der Waals surface area contributed by atoms with Crippen molar-refractivity contribution in [3.05, 3.63) is 34.3 Å². The largest absolute Gasteiger partial charge is 1.00 e. The van der Waals surface area contributed by atoms with Gasteiger partial charge in [-0.3, -0.25) is 4.79 Å². The molecule has 3 rings (SSSR count). The molecule has 0 radical (unpaired) electrons. The van der Waals surface area contributed by atoms with Gasteiger partial charge in [0, 0.05) is 24.0 Å². The highest BCUT2D eigenvalue weighted by Gasteiger charge is 2.35. The molecular formula is C18H25ClIN2O-. The van der Waals surface area contributed by atoms with Gasteiger partial charge < -0.3 is 34.6 Å². The summed E-state index contributed by atoms with van der Waals surface area (Å²) in [5.41, 5.74) is 2.58. The van der Waals surface area contributed by atoms with Crippen LogP contribution in [-0.2, 0) is 4.79 Å². The maximum Gasteiger partial charge on any atom is 0.217 e. The zero-order valence-corrected chi connectivity index (χ0v) is 16.7. The molecule has 2 heterocycles. The summed E-state index contributed by atoms with van der Waals surface area (Å²) >= 11 is 6.24. The fraction of sp³-hybridized carbons (Fsp3) is 0.611. The molecule has 2 aliphatic heterocycles. The Morgan fingerprint density at radius 3 is 2.57 bits per heavy atom. The SMILES string of the molecule is CCC(NC(C)=O)c1cc(Cl)ccc1C1CC2CCC(C1)N2.[I-]. The van der Waals surface area contributed by atoms with Crippen LogP contribution in [0.5, 0.6) is 0 Å². The number of hydrogen-bond donors (Lipinski definition) is 2. The number of nitrogens with one attached hydrogen (secondary N) is 2. The van der Waals surface area contributed by atoms with Gasteiger partial charge >= 0.3 is 0 Å². The average Bonchev–Trinajstić information content (AvgIpc) is 2.83. The fourth-order valence-corrected chi connectivity index (χ4v) is 4.36. The maximum atomic E-state index is 11.5. The third kappa shape index (κ3) is 4.40. The summed E-state index contributed by atoms with van der Waals surface area (Å²) < 4.78 is 0. The van der Waals surface area contributed by atoms with Crippen molar-refractivity contribution in [2.45, 2.75) is 70.0 Å². The molecule has 23 heavy (non-hydrogen) atoms. The molecule has 3 atom stereocenters. The zero-order chi connectivity index (χ0) is 15.7. The van der Waals surface area contributed by atoms with E-state index in [9.17, 15) is 4.79 Å². The molecule has 1 aromatic rings. The number of piperidine rings is 1. The van der Waals surface area contributed by atoms with Crippen LogP contribution in [0.15, 0.2) is 18.2 Å². The summed E-state index contributed by atoms with van der Waals surface area (Å²) in [5.74, 6) is 0.594. The summed E-state index contributed by atoms with van der Waals surface area (Å²) in [4.78, 5) is 11.5. The minimum atomic E-state index is 0. The Balaban J connectivity index is 0.00000192. The van der Waals surface area contributed by atoms with E-state index in [-0.39, 0.29) is 35.9 Å². The van der Waals surface area contributed by atoms with Gasteiger partial charge in [0.25, 0.3) is 0 Å². The van der Waals surface area contributed by atoms with Crippen LogP contribution in [0.1, 0.15) is 69.0 Å². The third-order valence-corrected chi connectivity index (χ3v) is 5.36. The van der Waals surface area contributed by atoms with E-state index in [0.29, 0.717) is 18.0 Å². The van der Waals surface area contributed by atoms with E-state index in [2.05, 4.69) is 23.6 Å². The second-order valence-corrected chi connectivity index (χ2v) is 7.18. The fourth-order valence-electron chi connectivity index (χ4n) is 4.18. The lowest BCUT2D eigenvalue weighted by Gasteiger charge is -2.32. The normalized spacial score (nSPS) is 27.2. The summed E-state index contributed by atoms with van der Waals surface area (Å²) in [7, 11) is 0. The van der Waals surface area contributed by atoms with Gasteiger partial charge in [0.1, 0.15) is 0 Å². The third-order valence-electron chi connectivity index (χ3n) is 5.12. The second kappa shape index (κ2) is 8.17. The van der Waals surface area contributed by atoms with Gasteiger partial charge in [0.2, 0.25) is 5.91 Å². The first-order valence-electron chi connectivity index (χ1n) is 8.39. The minimum absolute atomic E-state index is 0. The number of carbonyl (C=O) groups is 1. The number of rotatable bonds is 4. The predicted molar refractivity (Wildman–Crippen MR) is 90.2 cm³/mol. The van der Waals surface area contributed by atoms with Crippen molar-refractivity contribution in [3.63, 3.8) is 0 Å². The van der Waals surface area contributed by atoms with Gasteiger partial charge in [-0.15, -0.1) is 0 Å². The van der Waals surface area contributed by atoms with Crippen molar-refractivity contribution in [1.29, 1.82) is 0 Å². The highest BCUT2D eigenvalue weighted by Crippen LogP contribution is 2.40. The van der Waals surface area contributed by atoms with Crippen LogP contribution in [-0.4, -0.2) is 18.0 Å². The van der Waals surface area contributed by atoms with E-state index in [0.717, 1.165) is 11.4 Å². The Hall–Kier alpha value is -0.330. The molecule has 0 aliphatic carbocycles. The summed E-state index contributed by atoms with van der Waals surface area (Å²) in [6.45, 7) is 3.69. The van der Waals surface area contributed by atoms with Crippen LogP contribution < -0.4 is 34.6 Å². The number of hydrogen-bond acceptors (Lipinski definition) is 2. The van der Waals surface area contributed by atoms with Crippen LogP contribution in [0.3, 0.4) is 0 Å². The number of carbonyl (C=O) groups excluding carboxylic acids is 1. The predicted octanol–water partition coefficient (Wildman–Crippen LogP) is 0.929. The lowest BCUT2D eigenvalue weighted by Crippen LogP contribution is -3.00. The Morgan fingerprint density at radius 1 is 1.35 bits per heavy atom. The Morgan fingerprint density at radius 2 is 2.00 bits per heavy atom. The molecule has 5 heteroatoms. The van der Waals surface area contributed by atoms with Crippen LogP contribution in [0.4, 0.5) is 0 Å². The molecule has 1 amide bonds. The number of benzene rings is 1. The van der Waals surface area contributed by atoms with Gasteiger partial charge in [-0.25, -0.2) is 0 Å². The molecule has 128 valence electrons. The Kier molecular flexibility index (Phi) is 6.75. The molecule has 2 fully saturated rings. The van der Waals surface area contributed by atoms with E-state index >= 15 is 0 Å². The zero-order valence-electron chi connectivity index (χ0n) is 13.7. The molecular weight excluding hydrogens is 423 g/mol. The second-order valence-electron chi connectivity index (χ2n) is 6.74. The van der Waals surface area contributed by atoms with Gasteiger partial charge in [0.15, 0.2) is 0 Å². The standard InChI is InChI=1S/C18H25ClN2O.HI/c1-3-18(20-11(2)22)17-10-13(19)4-7-16(17)12-8-14-5-6-15(9-12)21-14;/h4,7,10,12,14-15,18,21H,3,5-6,8-9H2,1-2H3,(H,20,22);1H/p-1. The molecule has 0 spiro atoms. The van der Waals surface area contributed by atoms with Crippen LogP contribution in [0.25, 0.3) is 0 Å². The molecule has 2 bridgehead atoms. The van der Waals surface area contributed by atoms with Gasteiger partial charge in [-0.05, 0) is 61.3 Å². The first-order valence-corrected chi connectivity index (χ1v) is 8.77. The van der Waals surface area contributed by atoms with E-state index < -0.39 is 0 Å². The van der Waals surface area contributed by atoms with Crippen LogP contribution in [0.2, 0.25) is 5.02 Å². The first-order chi connectivity index (χ1) is 10.6. The van der Waals surface area contributed by atoms with Crippen molar-refractivity contribution in [1.82, 2.24) is 10.6 Å². The summed E-state index contributed by atoms with van der Waals surface area (Å²) in [5, 5.41) is 7.53. The van der Waals surface area contributed by atoms with E-state index in [4.69, 9.17) is 11.6 Å². The Labute approximate surface area is 161 Å². The molecule has 1 aromatic carbocycles. The number of halogens is 2. The molecule has 2 saturated heterocycles. The molecule has 2 N–H and O–H groups in total. The smallest absolute Gasteiger partial charge is 0.217 e. The van der Waals surface area contributed by atoms with Gasteiger partial charge in [-0.2, -0.15) is 0 Å². The highest BCUT2D eigenvalue weighted by molar-refractivity contribution is 6.30. The van der Waals surface area contributed by atoms with Crippen LogP contribution in [0, 0.1) is 0 Å². The molecule has 0 aromatic heterocycles. The maximum absolute atomic E-state index is 11.5. The van der Waals surface area contributed by atoms with Crippen molar-refractivity contribution in [3.8, 4) is 0 Å². The van der Waals surface area contributed by atoms with Crippen LogP contribution >= 0.6 is 11.6 Å². The summed E-state index contributed by atoms with van der Waals surface area (Å²) in [6.07, 6.45) is 5.87. The van der Waals surface area contributed by atoms with Gasteiger partial charge in [0.05, 0.1) is 6.04 Å². The lowest BCUT2D eigenvalue weighted by molar-refractivity contribution is -0.119. The van der Waals surface area contributed by atoms with Crippen molar-refractivity contribution in [2.75, 3.05) is 0 Å². The topological polar surface area (TPSA) is 41.1 Å². The Bertz CT molecular complexity index is 554. The average molecular weight is 448 g/mol. The van der Waals surface area contributed by atoms with E-state index in [1.807, 2.05) is 12.1 Å². The molecule has 0 saturated carbocycles.